The van der Waals surface area contributed by atoms with Crippen molar-refractivity contribution in [1.29, 1.82) is 0 Å². The first-order valence-electron chi connectivity index (χ1n) is 5.15. The number of aliphatic hydroxyl groups is 2. The maximum Gasteiger partial charge on any atom is 0.321 e. The number of carbonyl (C=O) groups is 2. The van der Waals surface area contributed by atoms with Gasteiger partial charge in [-0.3, -0.25) is 10.1 Å². The van der Waals surface area contributed by atoms with Crippen molar-refractivity contribution in [3.8, 4) is 0 Å². The molecule has 0 aromatic heterocycles. The van der Waals surface area contributed by atoms with Gasteiger partial charge in [0, 0.05) is 13.0 Å². The van der Waals surface area contributed by atoms with Crippen LogP contribution in [0.5, 0.6) is 0 Å². The molecule has 7 nitrogen and oxygen atoms in total. The highest BCUT2D eigenvalue weighted by molar-refractivity contribution is 5.98. The zero-order valence-corrected chi connectivity index (χ0v) is 8.55. The molecule has 2 aliphatic heterocycles. The summed E-state index contributed by atoms with van der Waals surface area (Å²) in [5, 5.41) is 23.1. The number of rotatable bonds is 2. The van der Waals surface area contributed by atoms with Gasteiger partial charge in [-0.15, -0.1) is 0 Å². The molecule has 0 aromatic rings. The number of urea groups is 1. The van der Waals surface area contributed by atoms with E-state index in [-0.39, 0.29) is 13.2 Å². The van der Waals surface area contributed by atoms with Crippen LogP contribution in [0.3, 0.4) is 0 Å². The van der Waals surface area contributed by atoms with E-state index in [1.54, 1.807) is 0 Å². The van der Waals surface area contributed by atoms with Crippen LogP contribution in [0.25, 0.3) is 0 Å². The van der Waals surface area contributed by atoms with E-state index >= 15 is 0 Å². The first kappa shape index (κ1) is 11.3. The smallest absolute Gasteiger partial charge is 0.321 e. The summed E-state index contributed by atoms with van der Waals surface area (Å²) in [6, 6.07) is -0.515. The number of amides is 3. The standard InChI is InChI=1S/C9H14N2O5/c12-3-7-5(13)1-6(16-7)4-2-10-9(15)11-8(4)14/h4-7,12-13H,1-3H2,(H2,10,11,14,15)/t4?,5-,6+,7+/m0/s1. The second-order valence-corrected chi connectivity index (χ2v) is 4.00. The lowest BCUT2D eigenvalue weighted by Gasteiger charge is -2.26. The van der Waals surface area contributed by atoms with E-state index in [2.05, 4.69) is 10.6 Å². The van der Waals surface area contributed by atoms with Gasteiger partial charge in [-0.05, 0) is 0 Å². The van der Waals surface area contributed by atoms with Crippen LogP contribution in [-0.2, 0) is 9.53 Å². The van der Waals surface area contributed by atoms with Crippen molar-refractivity contribution in [1.82, 2.24) is 10.6 Å². The fourth-order valence-corrected chi connectivity index (χ4v) is 2.03. The van der Waals surface area contributed by atoms with Crippen LogP contribution < -0.4 is 10.6 Å². The first-order chi connectivity index (χ1) is 7.61. The Bertz CT molecular complexity index is 308. The summed E-state index contributed by atoms with van der Waals surface area (Å²) in [7, 11) is 0. The topological polar surface area (TPSA) is 108 Å². The molecule has 0 saturated carbocycles. The summed E-state index contributed by atoms with van der Waals surface area (Å²) < 4.78 is 5.36. The number of aliphatic hydroxyl groups excluding tert-OH is 2. The number of carbonyl (C=O) groups excluding carboxylic acids is 2. The van der Waals surface area contributed by atoms with E-state index in [1.165, 1.54) is 0 Å². The molecular formula is C9H14N2O5. The van der Waals surface area contributed by atoms with Gasteiger partial charge in [-0.1, -0.05) is 0 Å². The lowest BCUT2D eigenvalue weighted by atomic mass is 9.96. The number of ether oxygens (including phenoxy) is 1. The Morgan fingerprint density at radius 1 is 1.44 bits per heavy atom. The molecule has 0 radical (unpaired) electrons. The van der Waals surface area contributed by atoms with Crippen LogP contribution in [0.1, 0.15) is 6.42 Å². The van der Waals surface area contributed by atoms with Crippen molar-refractivity contribution in [3.63, 3.8) is 0 Å². The third-order valence-electron chi connectivity index (χ3n) is 2.94. The highest BCUT2D eigenvalue weighted by atomic mass is 16.5. The van der Waals surface area contributed by atoms with Crippen molar-refractivity contribution in [2.75, 3.05) is 13.2 Å². The van der Waals surface area contributed by atoms with Gasteiger partial charge in [0.15, 0.2) is 0 Å². The van der Waals surface area contributed by atoms with Gasteiger partial charge in [0.05, 0.1) is 24.7 Å². The minimum atomic E-state index is -0.763. The molecule has 7 heteroatoms. The van der Waals surface area contributed by atoms with Gasteiger partial charge in [0.2, 0.25) is 5.91 Å². The Labute approximate surface area is 91.8 Å². The molecule has 2 heterocycles. The summed E-state index contributed by atoms with van der Waals surface area (Å²) in [6.07, 6.45) is -1.58. The molecule has 2 aliphatic rings. The SMILES string of the molecule is O=C1NCC([C@H]2C[C@H](O)[C@@H](CO)O2)C(=O)N1. The number of hydrogen-bond donors (Lipinski definition) is 4. The zero-order chi connectivity index (χ0) is 11.7. The van der Waals surface area contributed by atoms with E-state index in [0.29, 0.717) is 6.42 Å². The van der Waals surface area contributed by atoms with E-state index in [1.807, 2.05) is 0 Å². The highest BCUT2D eigenvalue weighted by Crippen LogP contribution is 2.26. The van der Waals surface area contributed by atoms with Crippen LogP contribution in [0.2, 0.25) is 0 Å². The molecule has 4 N–H and O–H groups in total. The second-order valence-electron chi connectivity index (χ2n) is 4.00. The molecular weight excluding hydrogens is 216 g/mol. The molecule has 0 bridgehead atoms. The van der Waals surface area contributed by atoms with Crippen LogP contribution in [0.4, 0.5) is 4.79 Å². The maximum atomic E-state index is 11.5. The number of hydrogen-bond acceptors (Lipinski definition) is 5. The van der Waals surface area contributed by atoms with Gasteiger partial charge in [-0.25, -0.2) is 4.79 Å². The summed E-state index contributed by atoms with van der Waals surface area (Å²) in [4.78, 5) is 22.3. The first-order valence-corrected chi connectivity index (χ1v) is 5.15. The summed E-state index contributed by atoms with van der Waals surface area (Å²) >= 11 is 0. The fraction of sp³-hybridized carbons (Fsp3) is 0.778. The molecule has 2 fully saturated rings. The molecule has 1 unspecified atom stereocenters. The average molecular weight is 230 g/mol. The molecule has 0 aromatic carbocycles. The van der Waals surface area contributed by atoms with Gasteiger partial charge < -0.3 is 20.3 Å². The van der Waals surface area contributed by atoms with Crippen LogP contribution in [0, 0.1) is 5.92 Å². The lowest BCUT2D eigenvalue weighted by Crippen LogP contribution is -2.55. The Morgan fingerprint density at radius 2 is 2.19 bits per heavy atom. The van der Waals surface area contributed by atoms with E-state index < -0.39 is 36.2 Å². The molecule has 2 saturated heterocycles. The molecule has 4 atom stereocenters. The molecule has 16 heavy (non-hydrogen) atoms. The predicted octanol–water partition coefficient (Wildman–Crippen LogP) is -2.05. The van der Waals surface area contributed by atoms with Crippen molar-refractivity contribution < 1.29 is 24.5 Å². The minimum Gasteiger partial charge on any atom is -0.394 e. The highest BCUT2D eigenvalue weighted by Gasteiger charge is 2.42. The maximum absolute atomic E-state index is 11.5. The third-order valence-corrected chi connectivity index (χ3v) is 2.94. The van der Waals surface area contributed by atoms with Crippen LogP contribution in [0.15, 0.2) is 0 Å². The van der Waals surface area contributed by atoms with Crippen LogP contribution in [-0.4, -0.2) is 53.6 Å². The van der Waals surface area contributed by atoms with E-state index in [9.17, 15) is 14.7 Å². The van der Waals surface area contributed by atoms with Crippen molar-refractivity contribution in [2.24, 2.45) is 5.92 Å². The van der Waals surface area contributed by atoms with Crippen molar-refractivity contribution in [2.45, 2.75) is 24.7 Å². The number of imide groups is 1. The molecule has 0 aliphatic carbocycles. The van der Waals surface area contributed by atoms with Gasteiger partial charge in [0.1, 0.15) is 6.10 Å². The largest absolute Gasteiger partial charge is 0.394 e. The lowest BCUT2D eigenvalue weighted by molar-refractivity contribution is -0.130. The minimum absolute atomic E-state index is 0.195. The summed E-state index contributed by atoms with van der Waals surface area (Å²) in [5.41, 5.74) is 0. The van der Waals surface area contributed by atoms with Gasteiger partial charge in [-0.2, -0.15) is 0 Å². The Kier molecular flexibility index (Phi) is 3.08. The fourth-order valence-electron chi connectivity index (χ4n) is 2.03. The zero-order valence-electron chi connectivity index (χ0n) is 8.55. The average Bonchev–Trinajstić information content (AvgIpc) is 2.59. The van der Waals surface area contributed by atoms with E-state index in [0.717, 1.165) is 0 Å². The Hall–Kier alpha value is -1.18. The molecule has 3 amide bonds. The van der Waals surface area contributed by atoms with Gasteiger partial charge >= 0.3 is 6.03 Å². The third kappa shape index (κ3) is 2.01. The molecule has 0 spiro atoms. The predicted molar refractivity (Wildman–Crippen MR) is 51.4 cm³/mol. The second kappa shape index (κ2) is 4.36. The molecule has 2 rings (SSSR count). The quantitative estimate of drug-likeness (QED) is 0.437. The Balaban J connectivity index is 1.98. The summed E-state index contributed by atoms with van der Waals surface area (Å²) in [5.74, 6) is -0.913. The van der Waals surface area contributed by atoms with Crippen LogP contribution >= 0.6 is 0 Å². The van der Waals surface area contributed by atoms with E-state index in [4.69, 9.17) is 9.84 Å². The normalized spacial score (nSPS) is 39.4. The summed E-state index contributed by atoms with van der Waals surface area (Å²) in [6.45, 7) is -0.0848. The van der Waals surface area contributed by atoms with Crippen molar-refractivity contribution in [3.05, 3.63) is 0 Å². The molecule has 90 valence electrons. The Morgan fingerprint density at radius 3 is 2.75 bits per heavy atom. The number of nitrogens with one attached hydrogen (secondary N) is 2. The monoisotopic (exact) mass is 230 g/mol. The van der Waals surface area contributed by atoms with Crippen molar-refractivity contribution >= 4 is 11.9 Å². The van der Waals surface area contributed by atoms with Gasteiger partial charge in [0.25, 0.3) is 0 Å².